The highest BCUT2D eigenvalue weighted by Gasteiger charge is 2.44. The highest BCUT2D eigenvalue weighted by molar-refractivity contribution is 9.10. The predicted molar refractivity (Wildman–Crippen MR) is 68.7 cm³/mol. The first kappa shape index (κ1) is 12.6. The van der Waals surface area contributed by atoms with Gasteiger partial charge in [-0.2, -0.15) is 4.99 Å². The van der Waals surface area contributed by atoms with Crippen molar-refractivity contribution in [1.82, 2.24) is 0 Å². The van der Waals surface area contributed by atoms with Crippen LogP contribution in [-0.4, -0.2) is 19.3 Å². The number of hydrogen-bond acceptors (Lipinski definition) is 4. The highest BCUT2D eigenvalue weighted by atomic mass is 79.9. The third-order valence-corrected chi connectivity index (χ3v) is 4.39. The van der Waals surface area contributed by atoms with Crippen LogP contribution < -0.4 is 9.47 Å². The largest absolute Gasteiger partial charge is 0.486 e. The molecule has 1 aromatic rings. The molecule has 0 unspecified atom stereocenters. The summed E-state index contributed by atoms with van der Waals surface area (Å²) >= 11 is 3.36. The van der Waals surface area contributed by atoms with E-state index in [0.29, 0.717) is 47.6 Å². The van der Waals surface area contributed by atoms with Crippen molar-refractivity contribution >= 4 is 22.0 Å². The summed E-state index contributed by atoms with van der Waals surface area (Å²) < 4.78 is 25.7. The molecule has 0 amide bonds. The second-order valence-electron chi connectivity index (χ2n) is 4.66. The molecular formula is C13H11BrFNO3. The molecule has 1 aliphatic heterocycles. The topological polar surface area (TPSA) is 47.9 Å². The van der Waals surface area contributed by atoms with Gasteiger partial charge in [0.2, 0.25) is 6.08 Å². The smallest absolute Gasteiger partial charge is 0.235 e. The van der Waals surface area contributed by atoms with Crippen LogP contribution in [0.5, 0.6) is 11.5 Å². The maximum absolute atomic E-state index is 14.3. The molecule has 6 heteroatoms. The molecule has 100 valence electrons. The van der Waals surface area contributed by atoms with Gasteiger partial charge in [0.25, 0.3) is 0 Å². The molecule has 0 N–H and O–H groups in total. The van der Waals surface area contributed by atoms with E-state index >= 15 is 0 Å². The van der Waals surface area contributed by atoms with Gasteiger partial charge in [0, 0.05) is 11.6 Å². The molecule has 19 heavy (non-hydrogen) atoms. The van der Waals surface area contributed by atoms with E-state index in [-0.39, 0.29) is 0 Å². The first-order valence-electron chi connectivity index (χ1n) is 6.05. The molecule has 0 spiro atoms. The fourth-order valence-electron chi connectivity index (χ4n) is 2.56. The maximum atomic E-state index is 14.3. The zero-order valence-corrected chi connectivity index (χ0v) is 11.6. The molecule has 1 fully saturated rings. The van der Waals surface area contributed by atoms with Crippen LogP contribution in [0.2, 0.25) is 0 Å². The summed E-state index contributed by atoms with van der Waals surface area (Å²) in [5.41, 5.74) is -0.438. The van der Waals surface area contributed by atoms with Gasteiger partial charge in [0.15, 0.2) is 11.5 Å². The maximum Gasteiger partial charge on any atom is 0.235 e. The van der Waals surface area contributed by atoms with E-state index in [4.69, 9.17) is 9.47 Å². The number of rotatable bonds is 2. The van der Waals surface area contributed by atoms with Crippen LogP contribution in [0.25, 0.3) is 0 Å². The van der Waals surface area contributed by atoms with Gasteiger partial charge in [0.05, 0.1) is 4.47 Å². The predicted octanol–water partition coefficient (Wildman–Crippen LogP) is 3.07. The van der Waals surface area contributed by atoms with Crippen LogP contribution in [0.15, 0.2) is 15.5 Å². The first-order chi connectivity index (χ1) is 9.18. The van der Waals surface area contributed by atoms with Crippen molar-refractivity contribution in [3.05, 3.63) is 21.9 Å². The van der Waals surface area contributed by atoms with Crippen LogP contribution in [0, 0.1) is 5.82 Å². The number of fused-ring (bicyclic) bond motifs is 1. The normalized spacial score (nSPS) is 19.3. The minimum Gasteiger partial charge on any atom is -0.486 e. The first-order valence-corrected chi connectivity index (χ1v) is 6.84. The van der Waals surface area contributed by atoms with E-state index in [1.807, 2.05) is 0 Å². The fourth-order valence-corrected chi connectivity index (χ4v) is 3.43. The second-order valence-corrected chi connectivity index (χ2v) is 5.45. The van der Waals surface area contributed by atoms with Crippen LogP contribution in [0.1, 0.15) is 24.8 Å². The molecule has 1 aromatic carbocycles. The van der Waals surface area contributed by atoms with Crippen molar-refractivity contribution in [2.24, 2.45) is 4.99 Å². The van der Waals surface area contributed by atoms with Crippen molar-refractivity contribution in [2.45, 2.75) is 24.8 Å². The van der Waals surface area contributed by atoms with Crippen molar-refractivity contribution in [2.75, 3.05) is 13.2 Å². The third-order valence-electron chi connectivity index (χ3n) is 3.63. The molecule has 4 nitrogen and oxygen atoms in total. The Balaban J connectivity index is 2.18. The summed E-state index contributed by atoms with van der Waals surface area (Å²) in [7, 11) is 0. The number of nitrogens with zero attached hydrogens (tertiary/aromatic N) is 1. The summed E-state index contributed by atoms with van der Waals surface area (Å²) in [4.78, 5) is 14.4. The van der Waals surface area contributed by atoms with Crippen LogP contribution in [-0.2, 0) is 10.3 Å². The Morgan fingerprint density at radius 3 is 2.74 bits per heavy atom. The number of benzene rings is 1. The molecule has 0 bridgehead atoms. The van der Waals surface area contributed by atoms with E-state index < -0.39 is 11.4 Å². The summed E-state index contributed by atoms with van der Waals surface area (Å²) in [6, 6.07) is 1.30. The van der Waals surface area contributed by atoms with Crippen molar-refractivity contribution in [3.63, 3.8) is 0 Å². The number of isocyanates is 1. The number of halogens is 2. The Kier molecular flexibility index (Phi) is 3.07. The lowest BCUT2D eigenvalue weighted by Crippen LogP contribution is -2.34. The van der Waals surface area contributed by atoms with Crippen molar-refractivity contribution in [1.29, 1.82) is 0 Å². The minimum atomic E-state index is -0.805. The van der Waals surface area contributed by atoms with E-state index in [1.54, 1.807) is 6.08 Å². The Hall–Kier alpha value is -1.39. The fraction of sp³-hybridized carbons (Fsp3) is 0.462. The van der Waals surface area contributed by atoms with Gasteiger partial charge in [-0.15, -0.1) is 0 Å². The highest BCUT2D eigenvalue weighted by Crippen LogP contribution is 2.52. The summed E-state index contributed by atoms with van der Waals surface area (Å²) in [6.45, 7) is 0.816. The van der Waals surface area contributed by atoms with E-state index in [2.05, 4.69) is 20.9 Å². The van der Waals surface area contributed by atoms with Gasteiger partial charge in [-0.1, -0.05) is 0 Å². The molecule has 0 atom stereocenters. The summed E-state index contributed by atoms with van der Waals surface area (Å²) in [5.74, 6) is 0.425. The van der Waals surface area contributed by atoms with Gasteiger partial charge >= 0.3 is 0 Å². The second kappa shape index (κ2) is 4.62. The molecule has 3 rings (SSSR count). The van der Waals surface area contributed by atoms with Gasteiger partial charge < -0.3 is 9.47 Å². The van der Waals surface area contributed by atoms with Gasteiger partial charge in [-0.25, -0.2) is 9.18 Å². The molecule has 1 aliphatic carbocycles. The molecule has 1 heterocycles. The number of hydrogen-bond donors (Lipinski definition) is 0. The van der Waals surface area contributed by atoms with Gasteiger partial charge in [0.1, 0.15) is 24.6 Å². The Morgan fingerprint density at radius 2 is 2.11 bits per heavy atom. The van der Waals surface area contributed by atoms with Crippen LogP contribution in [0.4, 0.5) is 4.39 Å². The van der Waals surface area contributed by atoms with E-state index in [0.717, 1.165) is 6.42 Å². The molecular weight excluding hydrogens is 317 g/mol. The lowest BCUT2D eigenvalue weighted by Gasteiger charge is -2.38. The molecule has 2 aliphatic rings. The number of ether oxygens (including phenoxy) is 2. The average Bonchev–Trinajstić information content (AvgIpc) is 2.35. The molecule has 0 radical (unpaired) electrons. The summed E-state index contributed by atoms with van der Waals surface area (Å²) in [5, 5.41) is 0. The lowest BCUT2D eigenvalue weighted by atomic mass is 9.72. The van der Waals surface area contributed by atoms with Crippen LogP contribution in [0.3, 0.4) is 0 Å². The minimum absolute atomic E-state index is 0.367. The lowest BCUT2D eigenvalue weighted by molar-refractivity contribution is 0.167. The quantitative estimate of drug-likeness (QED) is 0.619. The third kappa shape index (κ3) is 1.86. The zero-order valence-electron chi connectivity index (χ0n) is 10.0. The Bertz CT molecular complexity index is 580. The van der Waals surface area contributed by atoms with Gasteiger partial charge in [-0.05, 0) is 35.2 Å². The van der Waals surface area contributed by atoms with E-state index in [9.17, 15) is 9.18 Å². The standard InChI is InChI=1S/C13H11BrFNO3/c14-11-10(13(16-7-17)2-1-3-13)8(15)6-9-12(11)19-5-4-18-9/h6H,1-5H2. The average molecular weight is 328 g/mol. The monoisotopic (exact) mass is 327 g/mol. The summed E-state index contributed by atoms with van der Waals surface area (Å²) in [6.07, 6.45) is 3.74. The number of aliphatic imine (C=N–C) groups is 1. The van der Waals surface area contributed by atoms with Crippen molar-refractivity contribution < 1.29 is 18.7 Å². The Morgan fingerprint density at radius 1 is 1.37 bits per heavy atom. The molecule has 0 saturated heterocycles. The Labute approximate surface area is 117 Å². The number of carbonyl (C=O) groups excluding carboxylic acids is 1. The molecule has 0 aromatic heterocycles. The van der Waals surface area contributed by atoms with Crippen molar-refractivity contribution in [3.8, 4) is 11.5 Å². The SMILES string of the molecule is O=C=NC1(c2c(F)cc3c(c2Br)OCCO3)CCC1. The molecule has 1 saturated carbocycles. The zero-order chi connectivity index (χ0) is 13.5. The van der Waals surface area contributed by atoms with Crippen LogP contribution >= 0.6 is 15.9 Å². The van der Waals surface area contributed by atoms with Gasteiger partial charge in [-0.3, -0.25) is 0 Å². The van der Waals surface area contributed by atoms with E-state index in [1.165, 1.54) is 6.07 Å².